The average Bonchev–Trinajstić information content (AvgIpc) is 2.56. The zero-order valence-corrected chi connectivity index (χ0v) is 12.7. The summed E-state index contributed by atoms with van der Waals surface area (Å²) in [4.78, 5) is 12.4. The first kappa shape index (κ1) is 14.8. The predicted octanol–water partition coefficient (Wildman–Crippen LogP) is 3.07. The van der Waals surface area contributed by atoms with Gasteiger partial charge in [0.1, 0.15) is 0 Å². The Morgan fingerprint density at radius 1 is 1.05 bits per heavy atom. The number of amides is 1. The molecule has 3 nitrogen and oxygen atoms in total. The molecule has 2 aromatic carbocycles. The second-order valence-electron chi connectivity index (χ2n) is 5.94. The molecule has 3 heteroatoms. The van der Waals surface area contributed by atoms with Crippen LogP contribution in [0.3, 0.4) is 0 Å². The lowest BCUT2D eigenvalue weighted by atomic mass is 9.90. The highest BCUT2D eigenvalue weighted by Gasteiger charge is 2.18. The first-order chi connectivity index (χ1) is 10.7. The molecule has 114 valence electrons. The van der Waals surface area contributed by atoms with E-state index in [2.05, 4.69) is 11.4 Å². The molecule has 0 bridgehead atoms. The Hall–Kier alpha value is -2.13. The van der Waals surface area contributed by atoms with Gasteiger partial charge < -0.3 is 11.1 Å². The van der Waals surface area contributed by atoms with Gasteiger partial charge in [0.25, 0.3) is 0 Å². The molecule has 0 fully saturated rings. The van der Waals surface area contributed by atoms with Crippen LogP contribution < -0.4 is 11.1 Å². The van der Waals surface area contributed by atoms with E-state index in [0.717, 1.165) is 24.1 Å². The molecule has 0 unspecified atom stereocenters. The van der Waals surface area contributed by atoms with Gasteiger partial charge in [-0.25, -0.2) is 0 Å². The van der Waals surface area contributed by atoms with Crippen LogP contribution in [0.2, 0.25) is 0 Å². The van der Waals surface area contributed by atoms with Gasteiger partial charge in [-0.3, -0.25) is 4.79 Å². The normalized spacial score (nSPS) is 15.0. The van der Waals surface area contributed by atoms with Crippen molar-refractivity contribution in [2.24, 2.45) is 5.73 Å². The van der Waals surface area contributed by atoms with Crippen molar-refractivity contribution in [2.45, 2.75) is 38.1 Å². The first-order valence-electron chi connectivity index (χ1n) is 7.95. The Morgan fingerprint density at radius 2 is 1.82 bits per heavy atom. The van der Waals surface area contributed by atoms with Crippen molar-refractivity contribution >= 4 is 11.6 Å². The van der Waals surface area contributed by atoms with E-state index in [9.17, 15) is 4.79 Å². The summed E-state index contributed by atoms with van der Waals surface area (Å²) in [5, 5.41) is 3.03. The number of fused-ring (bicyclic) bond motifs is 1. The van der Waals surface area contributed by atoms with Crippen LogP contribution in [0.25, 0.3) is 0 Å². The van der Waals surface area contributed by atoms with Crippen molar-refractivity contribution in [2.75, 3.05) is 5.32 Å². The van der Waals surface area contributed by atoms with Crippen LogP contribution in [0.15, 0.2) is 48.5 Å². The van der Waals surface area contributed by atoms with Crippen LogP contribution in [0.1, 0.15) is 29.5 Å². The largest absolute Gasteiger partial charge is 0.324 e. The third-order valence-electron chi connectivity index (χ3n) is 4.29. The first-order valence-corrected chi connectivity index (χ1v) is 7.95. The van der Waals surface area contributed by atoms with Crippen molar-refractivity contribution in [1.82, 2.24) is 0 Å². The summed E-state index contributed by atoms with van der Waals surface area (Å²) < 4.78 is 0. The van der Waals surface area contributed by atoms with E-state index in [4.69, 9.17) is 5.73 Å². The molecular formula is C19H22N2O. The van der Waals surface area contributed by atoms with E-state index in [1.165, 1.54) is 24.0 Å². The Kier molecular flexibility index (Phi) is 4.54. The molecule has 0 saturated heterocycles. The molecule has 0 aliphatic heterocycles. The number of benzene rings is 2. The Bertz CT molecular complexity index is 652. The van der Waals surface area contributed by atoms with Crippen molar-refractivity contribution in [3.05, 3.63) is 65.2 Å². The van der Waals surface area contributed by atoms with Gasteiger partial charge in [0.2, 0.25) is 5.91 Å². The van der Waals surface area contributed by atoms with Crippen LogP contribution in [-0.2, 0) is 24.1 Å². The Balaban J connectivity index is 1.69. The number of aryl methyl sites for hydroxylation is 1. The minimum Gasteiger partial charge on any atom is -0.324 e. The number of rotatable bonds is 4. The van der Waals surface area contributed by atoms with Gasteiger partial charge in [0, 0.05) is 5.69 Å². The van der Waals surface area contributed by atoms with Crippen LogP contribution in [-0.4, -0.2) is 11.9 Å². The number of anilines is 1. The second-order valence-corrected chi connectivity index (χ2v) is 5.94. The van der Waals surface area contributed by atoms with Crippen molar-refractivity contribution < 1.29 is 4.79 Å². The summed E-state index contributed by atoms with van der Waals surface area (Å²) in [7, 11) is 0. The smallest absolute Gasteiger partial charge is 0.241 e. The van der Waals surface area contributed by atoms with Crippen molar-refractivity contribution in [3.63, 3.8) is 0 Å². The van der Waals surface area contributed by atoms with Crippen LogP contribution in [0.4, 0.5) is 5.69 Å². The Labute approximate surface area is 131 Å². The highest BCUT2D eigenvalue weighted by atomic mass is 16.2. The van der Waals surface area contributed by atoms with E-state index in [-0.39, 0.29) is 5.91 Å². The van der Waals surface area contributed by atoms with E-state index in [1.807, 2.05) is 42.5 Å². The Morgan fingerprint density at radius 3 is 2.64 bits per heavy atom. The van der Waals surface area contributed by atoms with E-state index in [0.29, 0.717) is 6.42 Å². The maximum absolute atomic E-state index is 12.4. The zero-order valence-electron chi connectivity index (χ0n) is 12.7. The average molecular weight is 294 g/mol. The number of nitrogens with two attached hydrogens (primary N) is 1. The summed E-state index contributed by atoms with van der Waals surface area (Å²) in [6.45, 7) is 0. The van der Waals surface area contributed by atoms with Crippen molar-refractivity contribution in [3.8, 4) is 0 Å². The number of hydrogen-bond acceptors (Lipinski definition) is 2. The van der Waals surface area contributed by atoms with Gasteiger partial charge in [-0.15, -0.1) is 0 Å². The standard InChI is InChI=1S/C19H22N2O/c20-17(13-14-7-2-1-3-8-14)19(22)21-18-12-6-10-15-9-4-5-11-16(15)18/h1-3,6-8,10,12,17H,4-5,9,11,13,20H2,(H,21,22)/t17-/m0/s1. The maximum atomic E-state index is 12.4. The predicted molar refractivity (Wildman–Crippen MR) is 89.8 cm³/mol. The minimum absolute atomic E-state index is 0.108. The summed E-state index contributed by atoms with van der Waals surface area (Å²) in [5.74, 6) is -0.108. The fourth-order valence-electron chi connectivity index (χ4n) is 3.08. The van der Waals surface area contributed by atoms with Crippen molar-refractivity contribution in [1.29, 1.82) is 0 Å². The maximum Gasteiger partial charge on any atom is 0.241 e. The summed E-state index contributed by atoms with van der Waals surface area (Å²) >= 11 is 0. The lowest BCUT2D eigenvalue weighted by molar-refractivity contribution is -0.117. The molecule has 1 aliphatic carbocycles. The number of carbonyl (C=O) groups is 1. The minimum atomic E-state index is -0.526. The molecule has 22 heavy (non-hydrogen) atoms. The topological polar surface area (TPSA) is 55.1 Å². The molecular weight excluding hydrogens is 272 g/mol. The molecule has 2 aromatic rings. The number of nitrogens with one attached hydrogen (secondary N) is 1. The van der Waals surface area contributed by atoms with Gasteiger partial charge in [0.05, 0.1) is 6.04 Å². The van der Waals surface area contributed by atoms with Gasteiger partial charge in [-0.1, -0.05) is 42.5 Å². The van der Waals surface area contributed by atoms with Gasteiger partial charge in [0.15, 0.2) is 0 Å². The summed E-state index contributed by atoms with van der Waals surface area (Å²) in [5.41, 5.74) is 10.7. The van der Waals surface area contributed by atoms with E-state index < -0.39 is 6.04 Å². The van der Waals surface area contributed by atoms with Crippen LogP contribution in [0, 0.1) is 0 Å². The highest BCUT2D eigenvalue weighted by Crippen LogP contribution is 2.27. The molecule has 0 aromatic heterocycles. The third kappa shape index (κ3) is 3.37. The van der Waals surface area contributed by atoms with E-state index in [1.54, 1.807) is 0 Å². The lowest BCUT2D eigenvalue weighted by Crippen LogP contribution is -2.37. The molecule has 1 aliphatic rings. The monoisotopic (exact) mass is 294 g/mol. The molecule has 1 amide bonds. The molecule has 1 atom stereocenters. The SMILES string of the molecule is N[C@@H](Cc1ccccc1)C(=O)Nc1cccc2c1CCCC2. The molecule has 0 radical (unpaired) electrons. The van der Waals surface area contributed by atoms with Crippen LogP contribution in [0.5, 0.6) is 0 Å². The zero-order chi connectivity index (χ0) is 15.4. The van der Waals surface area contributed by atoms with Gasteiger partial charge in [-0.05, 0) is 54.9 Å². The number of carbonyl (C=O) groups excluding carboxylic acids is 1. The molecule has 3 rings (SSSR count). The molecule has 0 heterocycles. The molecule has 0 spiro atoms. The fourth-order valence-corrected chi connectivity index (χ4v) is 3.08. The second kappa shape index (κ2) is 6.75. The quantitative estimate of drug-likeness (QED) is 0.910. The lowest BCUT2D eigenvalue weighted by Gasteiger charge is -2.20. The summed E-state index contributed by atoms with van der Waals surface area (Å²) in [6, 6.07) is 15.5. The van der Waals surface area contributed by atoms with Gasteiger partial charge in [-0.2, -0.15) is 0 Å². The number of hydrogen-bond donors (Lipinski definition) is 2. The highest BCUT2D eigenvalue weighted by molar-refractivity contribution is 5.95. The molecule has 3 N–H and O–H groups in total. The van der Waals surface area contributed by atoms with Crippen LogP contribution >= 0.6 is 0 Å². The third-order valence-corrected chi connectivity index (χ3v) is 4.29. The summed E-state index contributed by atoms with van der Waals surface area (Å²) in [6.07, 6.45) is 5.13. The van der Waals surface area contributed by atoms with Gasteiger partial charge >= 0.3 is 0 Å². The molecule has 0 saturated carbocycles. The van der Waals surface area contributed by atoms with E-state index >= 15 is 0 Å². The fraction of sp³-hybridized carbons (Fsp3) is 0.316.